The van der Waals surface area contributed by atoms with E-state index in [0.29, 0.717) is 6.42 Å². The largest absolute Gasteiger partial charge is 0.481 e. The summed E-state index contributed by atoms with van der Waals surface area (Å²) in [6, 6.07) is 0. The fraction of sp³-hybridized carbons (Fsp3) is 0.857. The first kappa shape index (κ1) is 16.4. The molecule has 101 valence electrons. The summed E-state index contributed by atoms with van der Waals surface area (Å²) < 4.78 is 0. The first-order chi connectivity index (χ1) is 8.16. The molecule has 0 aromatic rings. The number of aliphatic hydroxyl groups excluding tert-OH is 1. The standard InChI is InChI=1S/C14H27O3/c1-2-3-4-5-6-7-8-9-10-13(15)11-12-14(16)17/h10,13,15H,2-9,11-12H2,1H3,(H,16,17). The number of carboxylic acid groups (broad SMARTS) is 1. The molecule has 0 aliphatic carbocycles. The van der Waals surface area contributed by atoms with Gasteiger partial charge in [0.1, 0.15) is 0 Å². The number of carbonyl (C=O) groups is 1. The summed E-state index contributed by atoms with van der Waals surface area (Å²) in [6.45, 7) is 2.22. The summed E-state index contributed by atoms with van der Waals surface area (Å²) in [5.74, 6) is -0.839. The third kappa shape index (κ3) is 13.4. The lowest BCUT2D eigenvalue weighted by Crippen LogP contribution is -2.09. The van der Waals surface area contributed by atoms with E-state index >= 15 is 0 Å². The van der Waals surface area contributed by atoms with Crippen molar-refractivity contribution in [1.29, 1.82) is 0 Å². The van der Waals surface area contributed by atoms with Gasteiger partial charge in [0, 0.05) is 6.42 Å². The molecule has 1 unspecified atom stereocenters. The Morgan fingerprint density at radius 2 is 1.71 bits per heavy atom. The van der Waals surface area contributed by atoms with Crippen LogP contribution in [0.2, 0.25) is 0 Å². The third-order valence-electron chi connectivity index (χ3n) is 2.90. The Kier molecular flexibility index (Phi) is 11.5. The highest BCUT2D eigenvalue weighted by Gasteiger charge is 2.06. The number of aliphatic hydroxyl groups is 1. The molecule has 0 rings (SSSR count). The molecular formula is C14H27O3. The van der Waals surface area contributed by atoms with Crippen LogP contribution in [0.3, 0.4) is 0 Å². The zero-order chi connectivity index (χ0) is 12.9. The number of rotatable bonds is 12. The normalized spacial score (nSPS) is 12.6. The highest BCUT2D eigenvalue weighted by Crippen LogP contribution is 2.11. The molecular weight excluding hydrogens is 216 g/mol. The second-order valence-electron chi connectivity index (χ2n) is 4.65. The summed E-state index contributed by atoms with van der Waals surface area (Å²) in [4.78, 5) is 10.3. The topological polar surface area (TPSA) is 57.5 Å². The van der Waals surface area contributed by atoms with Crippen LogP contribution in [0.1, 0.15) is 71.1 Å². The van der Waals surface area contributed by atoms with Crippen molar-refractivity contribution in [2.45, 2.75) is 77.2 Å². The highest BCUT2D eigenvalue weighted by atomic mass is 16.4. The average Bonchev–Trinajstić information content (AvgIpc) is 2.30. The molecule has 3 heteroatoms. The van der Waals surface area contributed by atoms with E-state index in [1.165, 1.54) is 38.5 Å². The fourth-order valence-electron chi connectivity index (χ4n) is 1.80. The van der Waals surface area contributed by atoms with Gasteiger partial charge in [-0.05, 0) is 19.3 Å². The third-order valence-corrected chi connectivity index (χ3v) is 2.90. The summed E-state index contributed by atoms with van der Waals surface area (Å²) in [6.07, 6.45) is 11.4. The summed E-state index contributed by atoms with van der Waals surface area (Å²) in [5.41, 5.74) is 0. The molecule has 1 atom stereocenters. The molecule has 3 nitrogen and oxygen atoms in total. The number of carboxylic acids is 1. The van der Waals surface area contributed by atoms with Gasteiger partial charge in [0.05, 0.1) is 6.10 Å². The molecule has 0 aromatic carbocycles. The first-order valence-corrected chi connectivity index (χ1v) is 6.90. The smallest absolute Gasteiger partial charge is 0.303 e. The predicted molar refractivity (Wildman–Crippen MR) is 69.8 cm³/mol. The first-order valence-electron chi connectivity index (χ1n) is 6.90. The highest BCUT2D eigenvalue weighted by molar-refractivity contribution is 5.66. The molecule has 1 radical (unpaired) electrons. The van der Waals surface area contributed by atoms with E-state index in [-0.39, 0.29) is 6.42 Å². The van der Waals surface area contributed by atoms with E-state index < -0.39 is 12.1 Å². The fourth-order valence-corrected chi connectivity index (χ4v) is 1.80. The lowest BCUT2D eigenvalue weighted by molar-refractivity contribution is -0.137. The Morgan fingerprint density at radius 3 is 2.29 bits per heavy atom. The van der Waals surface area contributed by atoms with Crippen molar-refractivity contribution >= 4 is 5.97 Å². The predicted octanol–water partition coefficient (Wildman–Crippen LogP) is 3.56. The van der Waals surface area contributed by atoms with Gasteiger partial charge in [0.15, 0.2) is 0 Å². The van der Waals surface area contributed by atoms with Crippen LogP contribution in [-0.2, 0) is 4.79 Å². The van der Waals surface area contributed by atoms with Crippen LogP contribution in [-0.4, -0.2) is 22.3 Å². The molecule has 0 spiro atoms. The lowest BCUT2D eigenvalue weighted by Gasteiger charge is -2.08. The van der Waals surface area contributed by atoms with Crippen LogP contribution in [0.5, 0.6) is 0 Å². The second-order valence-corrected chi connectivity index (χ2v) is 4.65. The summed E-state index contributed by atoms with van der Waals surface area (Å²) in [7, 11) is 0. The Balaban J connectivity index is 3.13. The van der Waals surface area contributed by atoms with E-state index in [0.717, 1.165) is 12.8 Å². The molecule has 17 heavy (non-hydrogen) atoms. The van der Waals surface area contributed by atoms with E-state index in [1.54, 1.807) is 0 Å². The van der Waals surface area contributed by atoms with Gasteiger partial charge in [-0.1, -0.05) is 51.9 Å². The number of unbranched alkanes of at least 4 members (excludes halogenated alkanes) is 7. The van der Waals surface area contributed by atoms with Crippen LogP contribution < -0.4 is 0 Å². The Bertz CT molecular complexity index is 180. The number of hydrogen-bond donors (Lipinski definition) is 2. The van der Waals surface area contributed by atoms with Crippen molar-refractivity contribution in [2.75, 3.05) is 0 Å². The maximum absolute atomic E-state index is 10.3. The zero-order valence-electron chi connectivity index (χ0n) is 11.0. The van der Waals surface area contributed by atoms with E-state index in [9.17, 15) is 9.90 Å². The van der Waals surface area contributed by atoms with Crippen molar-refractivity contribution in [3.8, 4) is 0 Å². The quantitative estimate of drug-likeness (QED) is 0.515. The lowest BCUT2D eigenvalue weighted by atomic mass is 10.0. The van der Waals surface area contributed by atoms with E-state index in [2.05, 4.69) is 6.92 Å². The minimum Gasteiger partial charge on any atom is -0.481 e. The summed E-state index contributed by atoms with van der Waals surface area (Å²) in [5, 5.41) is 17.9. The monoisotopic (exact) mass is 243 g/mol. The van der Waals surface area contributed by atoms with Crippen molar-refractivity contribution < 1.29 is 15.0 Å². The van der Waals surface area contributed by atoms with Crippen LogP contribution in [0, 0.1) is 6.42 Å². The molecule has 0 saturated heterocycles. The minimum absolute atomic E-state index is 0.0503. The van der Waals surface area contributed by atoms with Gasteiger partial charge in [-0.3, -0.25) is 4.79 Å². The van der Waals surface area contributed by atoms with Crippen molar-refractivity contribution in [2.24, 2.45) is 0 Å². The minimum atomic E-state index is -0.839. The van der Waals surface area contributed by atoms with Gasteiger partial charge in [0.2, 0.25) is 0 Å². The molecule has 0 bridgehead atoms. The van der Waals surface area contributed by atoms with Gasteiger partial charge >= 0.3 is 5.97 Å². The SMILES string of the molecule is CCCCCCCCC[CH]C(O)CCC(=O)O. The van der Waals surface area contributed by atoms with Crippen molar-refractivity contribution in [3.05, 3.63) is 6.42 Å². The van der Waals surface area contributed by atoms with Crippen LogP contribution in [0.15, 0.2) is 0 Å². The maximum Gasteiger partial charge on any atom is 0.303 e. The molecule has 0 amide bonds. The average molecular weight is 243 g/mol. The van der Waals surface area contributed by atoms with Gasteiger partial charge in [-0.2, -0.15) is 0 Å². The van der Waals surface area contributed by atoms with Crippen molar-refractivity contribution in [3.63, 3.8) is 0 Å². The van der Waals surface area contributed by atoms with Gasteiger partial charge < -0.3 is 10.2 Å². The van der Waals surface area contributed by atoms with E-state index in [1.807, 2.05) is 6.42 Å². The van der Waals surface area contributed by atoms with Crippen LogP contribution in [0.4, 0.5) is 0 Å². The molecule has 0 saturated carbocycles. The Hall–Kier alpha value is -0.570. The van der Waals surface area contributed by atoms with Crippen LogP contribution >= 0.6 is 0 Å². The molecule has 0 aromatic heterocycles. The van der Waals surface area contributed by atoms with Crippen molar-refractivity contribution in [1.82, 2.24) is 0 Å². The number of hydrogen-bond acceptors (Lipinski definition) is 2. The maximum atomic E-state index is 10.3. The zero-order valence-corrected chi connectivity index (χ0v) is 11.0. The molecule has 2 N–H and O–H groups in total. The molecule has 0 aliphatic heterocycles. The van der Waals surface area contributed by atoms with Gasteiger partial charge in [-0.25, -0.2) is 0 Å². The van der Waals surface area contributed by atoms with Gasteiger partial charge in [0.25, 0.3) is 0 Å². The Labute approximate surface area is 105 Å². The Morgan fingerprint density at radius 1 is 1.12 bits per heavy atom. The second kappa shape index (κ2) is 11.9. The molecule has 0 fully saturated rings. The van der Waals surface area contributed by atoms with E-state index in [4.69, 9.17) is 5.11 Å². The molecule has 0 aliphatic rings. The number of aliphatic carboxylic acids is 1. The molecule has 0 heterocycles. The van der Waals surface area contributed by atoms with Crippen LogP contribution in [0.25, 0.3) is 0 Å². The van der Waals surface area contributed by atoms with Gasteiger partial charge in [-0.15, -0.1) is 0 Å². The summed E-state index contributed by atoms with van der Waals surface area (Å²) >= 11 is 0.